The lowest BCUT2D eigenvalue weighted by Crippen LogP contribution is -2.37. The third kappa shape index (κ3) is 2.99. The highest BCUT2D eigenvalue weighted by Crippen LogP contribution is 2.53. The number of hydrogen-bond donors (Lipinski definition) is 1. The molecule has 3 nitrogen and oxygen atoms in total. The fourth-order valence-electron chi connectivity index (χ4n) is 4.81. The predicted molar refractivity (Wildman–Crippen MR) is 112 cm³/mol. The number of anilines is 1. The molecule has 27 heavy (non-hydrogen) atoms. The fourth-order valence-corrected chi connectivity index (χ4v) is 4.81. The van der Waals surface area contributed by atoms with Crippen LogP contribution in [0.1, 0.15) is 63.7 Å². The highest BCUT2D eigenvalue weighted by Gasteiger charge is 2.37. The Morgan fingerprint density at radius 1 is 1.22 bits per heavy atom. The molecule has 2 atom stereocenters. The van der Waals surface area contributed by atoms with Crippen molar-refractivity contribution < 1.29 is 9.47 Å². The molecule has 0 spiro atoms. The van der Waals surface area contributed by atoms with Crippen molar-refractivity contribution in [3.8, 4) is 22.6 Å². The smallest absolute Gasteiger partial charge is 0.131 e. The molecule has 0 aliphatic carbocycles. The maximum absolute atomic E-state index is 6.51. The summed E-state index contributed by atoms with van der Waals surface area (Å²) in [7, 11) is 1.73. The van der Waals surface area contributed by atoms with E-state index in [9.17, 15) is 0 Å². The Labute approximate surface area is 162 Å². The maximum Gasteiger partial charge on any atom is 0.131 e. The monoisotopic (exact) mass is 363 g/mol. The van der Waals surface area contributed by atoms with Crippen molar-refractivity contribution >= 4 is 5.69 Å². The summed E-state index contributed by atoms with van der Waals surface area (Å²) in [6, 6.07) is 10.5. The third-order valence-corrected chi connectivity index (χ3v) is 5.72. The van der Waals surface area contributed by atoms with E-state index >= 15 is 0 Å². The van der Waals surface area contributed by atoms with Gasteiger partial charge >= 0.3 is 0 Å². The van der Waals surface area contributed by atoms with E-state index in [0.717, 1.165) is 29.9 Å². The zero-order valence-corrected chi connectivity index (χ0v) is 16.9. The Balaban J connectivity index is 1.97. The summed E-state index contributed by atoms with van der Waals surface area (Å²) in [5.74, 6) is 2.25. The molecule has 2 aromatic carbocycles. The zero-order valence-electron chi connectivity index (χ0n) is 16.9. The number of methoxy groups -OCH3 is 1. The van der Waals surface area contributed by atoms with Crippen LogP contribution in [0.4, 0.5) is 5.69 Å². The van der Waals surface area contributed by atoms with Gasteiger partial charge in [-0.2, -0.15) is 0 Å². The van der Waals surface area contributed by atoms with E-state index in [4.69, 9.17) is 9.47 Å². The summed E-state index contributed by atoms with van der Waals surface area (Å²) < 4.78 is 12.2. The number of benzene rings is 2. The van der Waals surface area contributed by atoms with Crippen LogP contribution in [-0.2, 0) is 0 Å². The van der Waals surface area contributed by atoms with E-state index in [0.29, 0.717) is 5.92 Å². The van der Waals surface area contributed by atoms with Crippen LogP contribution in [0.5, 0.6) is 11.5 Å². The standard InChI is InChI=1S/C24H29NO2/c1-6-7-9-20-23-16(22-18(26-5)10-8-11-19(22)27-20)12-13-17-21(23)15(2)14-24(3,4)25-17/h6-8,10-13,15,20,25H,9,14H2,1-5H3. The second-order valence-electron chi connectivity index (χ2n) is 8.35. The van der Waals surface area contributed by atoms with Crippen molar-refractivity contribution in [3.63, 3.8) is 0 Å². The number of allylic oxidation sites excluding steroid dienone is 1. The summed E-state index contributed by atoms with van der Waals surface area (Å²) in [6.07, 6.45) is 6.29. The average Bonchev–Trinajstić information content (AvgIpc) is 2.63. The molecular weight excluding hydrogens is 334 g/mol. The van der Waals surface area contributed by atoms with Crippen LogP contribution in [0.15, 0.2) is 42.5 Å². The van der Waals surface area contributed by atoms with Gasteiger partial charge in [0.15, 0.2) is 0 Å². The van der Waals surface area contributed by atoms with E-state index in [1.165, 1.54) is 22.4 Å². The van der Waals surface area contributed by atoms with Crippen molar-refractivity contribution in [3.05, 3.63) is 53.6 Å². The van der Waals surface area contributed by atoms with Gasteiger partial charge in [-0.3, -0.25) is 0 Å². The highest BCUT2D eigenvalue weighted by atomic mass is 16.5. The molecule has 0 amide bonds. The number of rotatable bonds is 3. The van der Waals surface area contributed by atoms with Crippen LogP contribution in [0.25, 0.3) is 11.1 Å². The van der Waals surface area contributed by atoms with Gasteiger partial charge < -0.3 is 14.8 Å². The van der Waals surface area contributed by atoms with Gasteiger partial charge in [0, 0.05) is 23.2 Å². The SMILES string of the molecule is CC=CCC1Oc2cccc(OC)c2-c2ccc3c(c21)C(C)CC(C)(C)N3. The van der Waals surface area contributed by atoms with Crippen molar-refractivity contribution in [2.75, 3.05) is 12.4 Å². The lowest BCUT2D eigenvalue weighted by molar-refractivity contribution is 0.202. The summed E-state index contributed by atoms with van der Waals surface area (Å²) in [5, 5.41) is 3.74. The lowest BCUT2D eigenvalue weighted by Gasteiger charge is -2.41. The molecular formula is C24H29NO2. The molecule has 2 aliphatic rings. The quantitative estimate of drug-likeness (QED) is 0.635. The third-order valence-electron chi connectivity index (χ3n) is 5.72. The number of fused-ring (bicyclic) bond motifs is 5. The van der Waals surface area contributed by atoms with Gasteiger partial charge in [-0.25, -0.2) is 0 Å². The first-order chi connectivity index (χ1) is 12.9. The van der Waals surface area contributed by atoms with Gasteiger partial charge in [0.25, 0.3) is 0 Å². The second kappa shape index (κ2) is 6.63. The first kappa shape index (κ1) is 18.0. The molecule has 0 saturated heterocycles. The number of ether oxygens (including phenoxy) is 2. The van der Waals surface area contributed by atoms with Gasteiger partial charge in [-0.15, -0.1) is 0 Å². The largest absolute Gasteiger partial charge is 0.496 e. The summed E-state index contributed by atoms with van der Waals surface area (Å²) in [6.45, 7) is 8.95. The van der Waals surface area contributed by atoms with Crippen LogP contribution in [0.3, 0.4) is 0 Å². The summed E-state index contributed by atoms with van der Waals surface area (Å²) >= 11 is 0. The fraction of sp³-hybridized carbons (Fsp3) is 0.417. The second-order valence-corrected chi connectivity index (χ2v) is 8.35. The lowest BCUT2D eigenvalue weighted by atomic mass is 9.76. The molecule has 0 aromatic heterocycles. The van der Waals surface area contributed by atoms with Gasteiger partial charge in [0.1, 0.15) is 17.6 Å². The minimum Gasteiger partial charge on any atom is -0.496 e. The Morgan fingerprint density at radius 2 is 2.04 bits per heavy atom. The first-order valence-electron chi connectivity index (χ1n) is 9.85. The molecule has 0 radical (unpaired) electrons. The molecule has 2 unspecified atom stereocenters. The van der Waals surface area contributed by atoms with E-state index in [-0.39, 0.29) is 11.6 Å². The van der Waals surface area contributed by atoms with E-state index < -0.39 is 0 Å². The van der Waals surface area contributed by atoms with Crippen molar-refractivity contribution in [1.29, 1.82) is 0 Å². The molecule has 2 aromatic rings. The van der Waals surface area contributed by atoms with Gasteiger partial charge in [0.05, 0.1) is 12.7 Å². The average molecular weight is 364 g/mol. The molecule has 4 rings (SSSR count). The van der Waals surface area contributed by atoms with Crippen LogP contribution in [0, 0.1) is 0 Å². The molecule has 0 fully saturated rings. The summed E-state index contributed by atoms with van der Waals surface area (Å²) in [5.41, 5.74) is 6.38. The van der Waals surface area contributed by atoms with E-state index in [1.807, 2.05) is 18.2 Å². The molecule has 0 bridgehead atoms. The van der Waals surface area contributed by atoms with E-state index in [1.54, 1.807) is 7.11 Å². The van der Waals surface area contributed by atoms with Gasteiger partial charge in [0.2, 0.25) is 0 Å². The minimum atomic E-state index is 0.0243. The molecule has 2 heterocycles. The van der Waals surface area contributed by atoms with Crippen LogP contribution >= 0.6 is 0 Å². The van der Waals surface area contributed by atoms with Crippen molar-refractivity contribution in [2.45, 2.75) is 58.1 Å². The Morgan fingerprint density at radius 3 is 2.78 bits per heavy atom. The Kier molecular flexibility index (Phi) is 4.41. The van der Waals surface area contributed by atoms with Crippen LogP contribution < -0.4 is 14.8 Å². The van der Waals surface area contributed by atoms with Crippen molar-refractivity contribution in [2.24, 2.45) is 0 Å². The Hall–Kier alpha value is -2.42. The van der Waals surface area contributed by atoms with Gasteiger partial charge in [-0.1, -0.05) is 31.2 Å². The molecule has 3 heteroatoms. The molecule has 1 N–H and O–H groups in total. The summed E-state index contributed by atoms with van der Waals surface area (Å²) in [4.78, 5) is 0. The Bertz CT molecular complexity index is 897. The van der Waals surface area contributed by atoms with Crippen LogP contribution in [-0.4, -0.2) is 12.6 Å². The molecule has 142 valence electrons. The number of hydrogen-bond acceptors (Lipinski definition) is 3. The van der Waals surface area contributed by atoms with E-state index in [2.05, 4.69) is 57.3 Å². The normalized spacial score (nSPS) is 22.3. The van der Waals surface area contributed by atoms with Crippen LogP contribution in [0.2, 0.25) is 0 Å². The molecule has 2 aliphatic heterocycles. The molecule has 0 saturated carbocycles. The topological polar surface area (TPSA) is 30.5 Å². The maximum atomic E-state index is 6.51. The highest BCUT2D eigenvalue weighted by molar-refractivity contribution is 5.84. The number of nitrogens with one attached hydrogen (secondary N) is 1. The predicted octanol–water partition coefficient (Wildman–Crippen LogP) is 6.46. The zero-order chi connectivity index (χ0) is 19.2. The first-order valence-corrected chi connectivity index (χ1v) is 9.85. The minimum absolute atomic E-state index is 0.0243. The van der Waals surface area contributed by atoms with Crippen molar-refractivity contribution in [1.82, 2.24) is 0 Å². The van der Waals surface area contributed by atoms with Gasteiger partial charge in [-0.05, 0) is 62.4 Å².